The molecule has 0 aromatic rings. The van der Waals surface area contributed by atoms with Gasteiger partial charge in [-0.1, -0.05) is 44.5 Å². The van der Waals surface area contributed by atoms with Crippen LogP contribution in [-0.2, 0) is 0 Å². The van der Waals surface area contributed by atoms with E-state index >= 15 is 0 Å². The van der Waals surface area contributed by atoms with Crippen molar-refractivity contribution in [2.24, 2.45) is 0 Å². The van der Waals surface area contributed by atoms with Crippen molar-refractivity contribution < 1.29 is 0 Å². The lowest BCUT2D eigenvalue weighted by molar-refractivity contribution is 0.390. The molecule has 1 nitrogen and oxygen atoms in total. The molecule has 1 aliphatic heterocycles. The summed E-state index contributed by atoms with van der Waals surface area (Å²) < 4.78 is 0. The minimum atomic E-state index is -1.33. The van der Waals surface area contributed by atoms with Crippen molar-refractivity contribution in [3.8, 4) is 0 Å². The lowest BCUT2D eigenvalue weighted by Gasteiger charge is -2.39. The lowest BCUT2D eigenvalue weighted by atomic mass is 10.0. The van der Waals surface area contributed by atoms with E-state index in [1.165, 1.54) is 10.8 Å². The third-order valence-electron chi connectivity index (χ3n) is 2.97. The van der Waals surface area contributed by atoms with Gasteiger partial charge < -0.3 is 4.90 Å². The normalized spacial score (nSPS) is 23.1. The van der Waals surface area contributed by atoms with Crippen LogP contribution in [0.2, 0.25) is 19.6 Å². The van der Waals surface area contributed by atoms with Crippen LogP contribution in [0.25, 0.3) is 0 Å². The average Bonchev–Trinajstić information content (AvgIpc) is 2.10. The van der Waals surface area contributed by atoms with Gasteiger partial charge in [0.1, 0.15) is 4.99 Å². The first-order chi connectivity index (χ1) is 6.79. The molecule has 1 unspecified atom stereocenters. The molecule has 0 aromatic heterocycles. The molecule has 0 radical (unpaired) electrons. The Kier molecular flexibility index (Phi) is 3.56. The second-order valence-electron chi connectivity index (χ2n) is 5.15. The van der Waals surface area contributed by atoms with Gasteiger partial charge in [-0.3, -0.25) is 0 Å². The predicted molar refractivity (Wildman–Crippen MR) is 75.0 cm³/mol. The Morgan fingerprint density at radius 1 is 1.47 bits per heavy atom. The van der Waals surface area contributed by atoms with Crippen LogP contribution in [0.1, 0.15) is 13.8 Å². The number of hydrogen-bond acceptors (Lipinski definition) is 1. The molecule has 15 heavy (non-hydrogen) atoms. The van der Waals surface area contributed by atoms with Gasteiger partial charge in [0.2, 0.25) is 0 Å². The van der Waals surface area contributed by atoms with Gasteiger partial charge in [-0.05, 0) is 24.6 Å². The van der Waals surface area contributed by atoms with Gasteiger partial charge in [0, 0.05) is 6.54 Å². The average molecular weight is 239 g/mol. The number of nitrogens with zero attached hydrogens (tertiary/aromatic N) is 1. The van der Waals surface area contributed by atoms with E-state index in [2.05, 4.69) is 51.0 Å². The van der Waals surface area contributed by atoms with Crippen LogP contribution in [0.15, 0.2) is 23.4 Å². The topological polar surface area (TPSA) is 3.24 Å². The van der Waals surface area contributed by atoms with E-state index in [4.69, 9.17) is 12.2 Å². The first-order valence-corrected chi connectivity index (χ1v) is 9.41. The SMILES string of the molecule is C=C1C=C([Si](C)(C)C)C(=S)N(CC)C1C. The highest BCUT2D eigenvalue weighted by Gasteiger charge is 2.32. The monoisotopic (exact) mass is 239 g/mol. The van der Waals surface area contributed by atoms with Gasteiger partial charge in [0.05, 0.1) is 14.1 Å². The fourth-order valence-electron chi connectivity index (χ4n) is 1.85. The van der Waals surface area contributed by atoms with E-state index in [1.54, 1.807) is 0 Å². The Hall–Kier alpha value is -0.413. The Morgan fingerprint density at radius 2 is 2.00 bits per heavy atom. The second-order valence-corrected chi connectivity index (χ2v) is 10.6. The maximum atomic E-state index is 5.58. The molecule has 0 aliphatic carbocycles. The summed E-state index contributed by atoms with van der Waals surface area (Å²) in [6.07, 6.45) is 2.23. The Balaban J connectivity index is 3.15. The summed E-state index contributed by atoms with van der Waals surface area (Å²) in [7, 11) is -1.33. The zero-order chi connectivity index (χ0) is 11.8. The molecule has 1 rings (SSSR count). The van der Waals surface area contributed by atoms with Crippen LogP contribution in [0.5, 0.6) is 0 Å². The fraction of sp³-hybridized carbons (Fsp3) is 0.583. The van der Waals surface area contributed by atoms with Crippen molar-refractivity contribution in [2.75, 3.05) is 6.54 Å². The minimum absolute atomic E-state index is 0.364. The zero-order valence-electron chi connectivity index (χ0n) is 10.4. The smallest absolute Gasteiger partial charge is 0.101 e. The van der Waals surface area contributed by atoms with E-state index < -0.39 is 8.07 Å². The molecular formula is C12H21NSSi. The summed E-state index contributed by atoms with van der Waals surface area (Å²) in [5.41, 5.74) is 1.20. The molecule has 3 heteroatoms. The molecule has 84 valence electrons. The fourth-order valence-corrected chi connectivity index (χ4v) is 4.52. The van der Waals surface area contributed by atoms with Crippen LogP contribution in [0.3, 0.4) is 0 Å². The molecule has 0 bridgehead atoms. The lowest BCUT2D eigenvalue weighted by Crippen LogP contribution is -2.47. The number of hydrogen-bond donors (Lipinski definition) is 0. The molecule has 1 atom stereocenters. The second kappa shape index (κ2) is 4.22. The van der Waals surface area contributed by atoms with E-state index in [1.807, 2.05) is 0 Å². The van der Waals surface area contributed by atoms with Crippen LogP contribution in [0.4, 0.5) is 0 Å². The zero-order valence-corrected chi connectivity index (χ0v) is 12.2. The Morgan fingerprint density at radius 3 is 2.40 bits per heavy atom. The molecule has 1 heterocycles. The van der Waals surface area contributed by atoms with Gasteiger partial charge in [0.25, 0.3) is 0 Å². The van der Waals surface area contributed by atoms with Crippen molar-refractivity contribution in [2.45, 2.75) is 39.5 Å². The molecular weight excluding hydrogens is 218 g/mol. The molecule has 1 aliphatic rings. The summed E-state index contributed by atoms with van der Waals surface area (Å²) in [6, 6.07) is 0.364. The van der Waals surface area contributed by atoms with Crippen molar-refractivity contribution >= 4 is 25.3 Å². The van der Waals surface area contributed by atoms with Gasteiger partial charge in [0.15, 0.2) is 0 Å². The summed E-state index contributed by atoms with van der Waals surface area (Å²) in [6.45, 7) is 16.4. The summed E-state index contributed by atoms with van der Waals surface area (Å²) in [5, 5.41) is 1.38. The number of rotatable bonds is 2. The Bertz CT molecular complexity index is 325. The third kappa shape index (κ3) is 2.40. The first kappa shape index (κ1) is 12.7. The summed E-state index contributed by atoms with van der Waals surface area (Å²) in [4.78, 5) is 3.34. The van der Waals surface area contributed by atoms with Crippen molar-refractivity contribution in [3.05, 3.63) is 23.4 Å². The molecule has 0 fully saturated rings. The van der Waals surface area contributed by atoms with Crippen LogP contribution < -0.4 is 0 Å². The number of likely N-dealkylation sites (N-methyl/N-ethyl adjacent to an activating group) is 1. The van der Waals surface area contributed by atoms with Crippen LogP contribution in [-0.4, -0.2) is 30.5 Å². The molecule has 0 N–H and O–H groups in total. The van der Waals surface area contributed by atoms with Gasteiger partial charge in [-0.15, -0.1) is 0 Å². The van der Waals surface area contributed by atoms with Gasteiger partial charge >= 0.3 is 0 Å². The van der Waals surface area contributed by atoms with Crippen molar-refractivity contribution in [3.63, 3.8) is 0 Å². The quantitative estimate of drug-likeness (QED) is 0.537. The largest absolute Gasteiger partial charge is 0.356 e. The van der Waals surface area contributed by atoms with E-state index in [9.17, 15) is 0 Å². The molecule has 0 aromatic carbocycles. The predicted octanol–water partition coefficient (Wildman–Crippen LogP) is 3.40. The van der Waals surface area contributed by atoms with Crippen LogP contribution in [0, 0.1) is 0 Å². The third-order valence-corrected chi connectivity index (χ3v) is 5.61. The highest BCUT2D eigenvalue weighted by Crippen LogP contribution is 2.28. The Labute approximate surface area is 99.9 Å². The number of thiocarbonyl (C=S) groups is 1. The van der Waals surface area contributed by atoms with Crippen LogP contribution >= 0.6 is 12.2 Å². The van der Waals surface area contributed by atoms with E-state index in [-0.39, 0.29) is 0 Å². The molecule has 0 saturated carbocycles. The first-order valence-electron chi connectivity index (χ1n) is 5.51. The van der Waals surface area contributed by atoms with E-state index in [0.717, 1.165) is 11.5 Å². The van der Waals surface area contributed by atoms with Crippen molar-refractivity contribution in [1.82, 2.24) is 4.90 Å². The molecule has 0 amide bonds. The molecule has 0 spiro atoms. The highest BCUT2D eigenvalue weighted by molar-refractivity contribution is 7.81. The van der Waals surface area contributed by atoms with Gasteiger partial charge in [-0.2, -0.15) is 0 Å². The maximum Gasteiger partial charge on any atom is 0.101 e. The maximum absolute atomic E-state index is 5.58. The van der Waals surface area contributed by atoms with E-state index in [0.29, 0.717) is 6.04 Å². The summed E-state index contributed by atoms with van der Waals surface area (Å²) >= 11 is 5.58. The van der Waals surface area contributed by atoms with Crippen molar-refractivity contribution in [1.29, 1.82) is 0 Å². The minimum Gasteiger partial charge on any atom is -0.356 e. The van der Waals surface area contributed by atoms with Gasteiger partial charge in [-0.25, -0.2) is 0 Å². The molecule has 0 saturated heterocycles. The highest BCUT2D eigenvalue weighted by atomic mass is 32.1. The summed E-state index contributed by atoms with van der Waals surface area (Å²) in [5.74, 6) is 0. The standard InChI is InChI=1S/C12H21NSSi/c1-7-13-10(3)9(2)8-11(12(13)14)15(4,5)6/h8,10H,2,7H2,1,3-6H3.